The molecule has 2 rings (SSSR count). The van der Waals surface area contributed by atoms with Crippen molar-refractivity contribution in [3.63, 3.8) is 0 Å². The van der Waals surface area contributed by atoms with Crippen LogP contribution in [0.1, 0.15) is 19.7 Å². The maximum Gasteiger partial charge on any atom is 0.308 e. The molecule has 1 N–H and O–H groups in total. The summed E-state index contributed by atoms with van der Waals surface area (Å²) in [5.74, 6) is -0.234. The van der Waals surface area contributed by atoms with E-state index in [1.807, 2.05) is 35.8 Å². The molecular formula is C13H16ClN2O2-. The second-order valence-electron chi connectivity index (χ2n) is 4.22. The van der Waals surface area contributed by atoms with E-state index in [2.05, 4.69) is 4.98 Å². The third-order valence-corrected chi connectivity index (χ3v) is 2.93. The predicted molar refractivity (Wildman–Crippen MR) is 65.9 cm³/mol. The number of aryl methyl sites for hydroxylation is 1. The molecule has 2 aromatic rings. The number of imidazole rings is 1. The van der Waals surface area contributed by atoms with Gasteiger partial charge in [-0.15, -0.1) is 0 Å². The van der Waals surface area contributed by atoms with Gasteiger partial charge in [0.15, 0.2) is 0 Å². The summed E-state index contributed by atoms with van der Waals surface area (Å²) in [7, 11) is 0. The number of fused-ring (bicyclic) bond motifs is 1. The molecule has 1 unspecified atom stereocenters. The van der Waals surface area contributed by atoms with Crippen molar-refractivity contribution >= 4 is 17.0 Å². The summed E-state index contributed by atoms with van der Waals surface area (Å²) < 4.78 is 2.01. The number of carboxylic acid groups (broad SMARTS) is 1. The summed E-state index contributed by atoms with van der Waals surface area (Å²) in [6.07, 6.45) is 0.807. The Bertz CT molecular complexity index is 551. The number of hydrogen-bond donors (Lipinski definition) is 1. The van der Waals surface area contributed by atoms with E-state index >= 15 is 0 Å². The van der Waals surface area contributed by atoms with Crippen molar-refractivity contribution in [2.45, 2.75) is 26.8 Å². The molecule has 0 radical (unpaired) electrons. The summed E-state index contributed by atoms with van der Waals surface area (Å²) in [6, 6.07) is 7.83. The first-order valence-corrected chi connectivity index (χ1v) is 5.80. The lowest BCUT2D eigenvalue weighted by atomic mass is 10.2. The van der Waals surface area contributed by atoms with Crippen LogP contribution in [0.4, 0.5) is 0 Å². The zero-order valence-electron chi connectivity index (χ0n) is 10.4. The monoisotopic (exact) mass is 267 g/mol. The number of hydrogen-bond acceptors (Lipinski definition) is 2. The maximum atomic E-state index is 10.9. The Hall–Kier alpha value is -1.55. The number of aromatic nitrogens is 2. The highest BCUT2D eigenvalue weighted by molar-refractivity contribution is 5.76. The van der Waals surface area contributed by atoms with Crippen LogP contribution in [0, 0.1) is 5.92 Å². The third-order valence-electron chi connectivity index (χ3n) is 2.93. The van der Waals surface area contributed by atoms with E-state index in [-0.39, 0.29) is 12.4 Å². The number of nitrogens with zero attached hydrogens (tertiary/aromatic N) is 2. The van der Waals surface area contributed by atoms with Gasteiger partial charge in [0.05, 0.1) is 17.0 Å². The van der Waals surface area contributed by atoms with Crippen LogP contribution in [-0.2, 0) is 17.8 Å². The normalized spacial score (nSPS) is 12.1. The van der Waals surface area contributed by atoms with E-state index in [0.717, 1.165) is 23.3 Å². The SMILES string of the molecule is CCc1nc2ccccc2n1CC(C)C(=O)O.[Cl-]. The highest BCUT2D eigenvalue weighted by atomic mass is 35.5. The van der Waals surface area contributed by atoms with Gasteiger partial charge in [0.25, 0.3) is 0 Å². The average molecular weight is 268 g/mol. The smallest absolute Gasteiger partial charge is 0.308 e. The number of aliphatic carboxylic acids is 1. The van der Waals surface area contributed by atoms with E-state index < -0.39 is 11.9 Å². The Morgan fingerprint density at radius 3 is 2.72 bits per heavy atom. The Labute approximate surface area is 112 Å². The second-order valence-corrected chi connectivity index (χ2v) is 4.22. The quantitative estimate of drug-likeness (QED) is 0.799. The highest BCUT2D eigenvalue weighted by Crippen LogP contribution is 2.18. The zero-order chi connectivity index (χ0) is 12.4. The second kappa shape index (κ2) is 5.87. The molecule has 0 bridgehead atoms. The fourth-order valence-corrected chi connectivity index (χ4v) is 1.95. The minimum absolute atomic E-state index is 0. The summed E-state index contributed by atoms with van der Waals surface area (Å²) in [4.78, 5) is 15.4. The fraction of sp³-hybridized carbons (Fsp3) is 0.385. The Kier molecular flexibility index (Phi) is 4.73. The number of carbonyl (C=O) groups is 1. The number of rotatable bonds is 4. The molecule has 0 amide bonds. The molecule has 0 aliphatic heterocycles. The van der Waals surface area contributed by atoms with Gasteiger partial charge in [0, 0.05) is 13.0 Å². The standard InChI is InChI=1S/C13H16N2O2.ClH/c1-3-12-14-10-6-4-5-7-11(10)15(12)8-9(2)13(16)17;/h4-7,9H,3,8H2,1-2H3,(H,16,17);1H/p-1. The summed E-state index contributed by atoms with van der Waals surface area (Å²) in [6.45, 7) is 4.22. The molecule has 0 aliphatic carbocycles. The predicted octanol–water partition coefficient (Wildman–Crippen LogP) is -0.677. The molecule has 98 valence electrons. The summed E-state index contributed by atoms with van der Waals surface area (Å²) >= 11 is 0. The molecule has 18 heavy (non-hydrogen) atoms. The molecule has 0 saturated carbocycles. The van der Waals surface area contributed by atoms with Gasteiger partial charge < -0.3 is 22.1 Å². The van der Waals surface area contributed by atoms with Gasteiger partial charge in [-0.1, -0.05) is 26.0 Å². The van der Waals surface area contributed by atoms with Gasteiger partial charge >= 0.3 is 5.97 Å². The lowest BCUT2D eigenvalue weighted by Gasteiger charge is -2.11. The Morgan fingerprint density at radius 1 is 1.44 bits per heavy atom. The van der Waals surface area contributed by atoms with Crippen LogP contribution in [0.5, 0.6) is 0 Å². The van der Waals surface area contributed by atoms with Crippen LogP contribution < -0.4 is 12.4 Å². The number of carboxylic acids is 1. The minimum atomic E-state index is -0.773. The van der Waals surface area contributed by atoms with Crippen molar-refractivity contribution in [2.24, 2.45) is 5.92 Å². The summed E-state index contributed by atoms with van der Waals surface area (Å²) in [5.41, 5.74) is 1.94. The Morgan fingerprint density at radius 2 is 2.11 bits per heavy atom. The molecule has 0 spiro atoms. The number of halogens is 1. The van der Waals surface area contributed by atoms with Crippen molar-refractivity contribution in [1.29, 1.82) is 0 Å². The third kappa shape index (κ3) is 2.64. The molecule has 4 nitrogen and oxygen atoms in total. The molecule has 1 heterocycles. The van der Waals surface area contributed by atoms with E-state index in [1.54, 1.807) is 6.92 Å². The fourth-order valence-electron chi connectivity index (χ4n) is 1.95. The first-order chi connectivity index (χ1) is 8.13. The van der Waals surface area contributed by atoms with Crippen molar-refractivity contribution in [1.82, 2.24) is 9.55 Å². The summed E-state index contributed by atoms with van der Waals surface area (Å²) in [5, 5.41) is 8.98. The van der Waals surface area contributed by atoms with Gasteiger partial charge in [0.2, 0.25) is 0 Å². The largest absolute Gasteiger partial charge is 1.00 e. The van der Waals surface area contributed by atoms with Crippen molar-refractivity contribution in [3.05, 3.63) is 30.1 Å². The van der Waals surface area contributed by atoms with Gasteiger partial charge in [-0.3, -0.25) is 4.79 Å². The van der Waals surface area contributed by atoms with Crippen LogP contribution in [0.2, 0.25) is 0 Å². The van der Waals surface area contributed by atoms with E-state index in [0.29, 0.717) is 6.54 Å². The zero-order valence-corrected chi connectivity index (χ0v) is 11.2. The molecule has 1 aromatic carbocycles. The van der Waals surface area contributed by atoms with E-state index in [4.69, 9.17) is 5.11 Å². The topological polar surface area (TPSA) is 55.1 Å². The number of benzene rings is 1. The lowest BCUT2D eigenvalue weighted by molar-refractivity contribution is -0.141. The first-order valence-electron chi connectivity index (χ1n) is 5.80. The van der Waals surface area contributed by atoms with Crippen molar-refractivity contribution in [3.8, 4) is 0 Å². The highest BCUT2D eigenvalue weighted by Gasteiger charge is 2.16. The van der Waals surface area contributed by atoms with Crippen LogP contribution in [0.3, 0.4) is 0 Å². The van der Waals surface area contributed by atoms with Crippen molar-refractivity contribution < 1.29 is 22.3 Å². The molecular weight excluding hydrogens is 252 g/mol. The van der Waals surface area contributed by atoms with Gasteiger partial charge in [-0.25, -0.2) is 4.98 Å². The molecule has 0 saturated heterocycles. The van der Waals surface area contributed by atoms with E-state index in [1.165, 1.54) is 0 Å². The Balaban J connectivity index is 0.00000162. The molecule has 1 aromatic heterocycles. The van der Waals surface area contributed by atoms with Gasteiger partial charge in [0.1, 0.15) is 5.82 Å². The molecule has 1 atom stereocenters. The molecule has 5 heteroatoms. The number of para-hydroxylation sites is 2. The minimum Gasteiger partial charge on any atom is -1.00 e. The van der Waals surface area contributed by atoms with E-state index in [9.17, 15) is 4.79 Å². The van der Waals surface area contributed by atoms with Crippen LogP contribution >= 0.6 is 0 Å². The average Bonchev–Trinajstić information content (AvgIpc) is 2.67. The van der Waals surface area contributed by atoms with Crippen LogP contribution in [-0.4, -0.2) is 20.6 Å². The lowest BCUT2D eigenvalue weighted by Crippen LogP contribution is -3.00. The maximum absolute atomic E-state index is 10.9. The van der Waals surface area contributed by atoms with Gasteiger partial charge in [-0.2, -0.15) is 0 Å². The van der Waals surface area contributed by atoms with Crippen LogP contribution in [0.25, 0.3) is 11.0 Å². The first kappa shape index (κ1) is 14.5. The molecule has 0 fully saturated rings. The van der Waals surface area contributed by atoms with Gasteiger partial charge in [-0.05, 0) is 12.1 Å². The molecule has 0 aliphatic rings. The van der Waals surface area contributed by atoms with Crippen LogP contribution in [0.15, 0.2) is 24.3 Å². The van der Waals surface area contributed by atoms with Crippen molar-refractivity contribution in [2.75, 3.05) is 0 Å².